The van der Waals surface area contributed by atoms with E-state index in [-0.39, 0.29) is 25.1 Å². The van der Waals surface area contributed by atoms with E-state index in [9.17, 15) is 20.0 Å². The summed E-state index contributed by atoms with van der Waals surface area (Å²) in [7, 11) is 0. The van der Waals surface area contributed by atoms with Crippen LogP contribution >= 0.6 is 0 Å². The number of aliphatic hydroxyl groups is 1. The average Bonchev–Trinajstić information content (AvgIpc) is 2.29. The molecule has 0 amide bonds. The summed E-state index contributed by atoms with van der Waals surface area (Å²) in [4.78, 5) is 21.1. The molecule has 0 saturated carbocycles. The molecule has 0 spiro atoms. The van der Waals surface area contributed by atoms with Gasteiger partial charge in [0.2, 0.25) is 0 Å². The summed E-state index contributed by atoms with van der Waals surface area (Å²) in [5, 5.41) is 20.1. The summed E-state index contributed by atoms with van der Waals surface area (Å²) in [6.07, 6.45) is -0.660. The van der Waals surface area contributed by atoms with Gasteiger partial charge in [0.25, 0.3) is 5.69 Å². The SMILES string of the molecule is CCOC(=O)C[C@H](O)Cc1ccc([N+](=O)[O-])cc1. The second kappa shape index (κ2) is 6.70. The van der Waals surface area contributed by atoms with Crippen LogP contribution in [0.4, 0.5) is 5.69 Å². The van der Waals surface area contributed by atoms with E-state index in [4.69, 9.17) is 4.74 Å². The first-order valence-electron chi connectivity index (χ1n) is 5.60. The molecule has 0 aliphatic carbocycles. The molecule has 6 nitrogen and oxygen atoms in total. The van der Waals surface area contributed by atoms with E-state index in [0.29, 0.717) is 0 Å². The third kappa shape index (κ3) is 4.50. The topological polar surface area (TPSA) is 89.7 Å². The second-order valence-corrected chi connectivity index (χ2v) is 3.79. The number of carbonyl (C=O) groups is 1. The highest BCUT2D eigenvalue weighted by Gasteiger charge is 2.13. The van der Waals surface area contributed by atoms with E-state index >= 15 is 0 Å². The number of carbonyl (C=O) groups excluding carboxylic acids is 1. The Morgan fingerprint density at radius 2 is 2.06 bits per heavy atom. The van der Waals surface area contributed by atoms with Gasteiger partial charge in [-0.3, -0.25) is 14.9 Å². The van der Waals surface area contributed by atoms with Crippen LogP contribution in [0.15, 0.2) is 24.3 Å². The Kier molecular flexibility index (Phi) is 5.26. The van der Waals surface area contributed by atoms with Crippen molar-refractivity contribution in [2.45, 2.75) is 25.9 Å². The molecule has 18 heavy (non-hydrogen) atoms. The Hall–Kier alpha value is -1.95. The molecule has 1 atom stereocenters. The number of non-ortho nitro benzene ring substituents is 1. The van der Waals surface area contributed by atoms with E-state index in [2.05, 4.69) is 0 Å². The zero-order chi connectivity index (χ0) is 13.5. The molecule has 0 saturated heterocycles. The molecule has 6 heteroatoms. The van der Waals surface area contributed by atoms with Crippen molar-refractivity contribution < 1.29 is 19.6 Å². The number of benzene rings is 1. The van der Waals surface area contributed by atoms with Gasteiger partial charge in [0.05, 0.1) is 24.1 Å². The maximum atomic E-state index is 11.1. The Labute approximate surface area is 104 Å². The quantitative estimate of drug-likeness (QED) is 0.471. The smallest absolute Gasteiger partial charge is 0.308 e. The standard InChI is InChI=1S/C12H15NO5/c1-2-18-12(15)8-11(14)7-9-3-5-10(6-4-9)13(16)17/h3-6,11,14H,2,7-8H2,1H3/t11-/m1/s1. The lowest BCUT2D eigenvalue weighted by Crippen LogP contribution is -2.18. The summed E-state index contributed by atoms with van der Waals surface area (Å²) >= 11 is 0. The molecule has 1 aromatic carbocycles. The van der Waals surface area contributed by atoms with Gasteiger partial charge in [-0.25, -0.2) is 0 Å². The molecular weight excluding hydrogens is 238 g/mol. The van der Waals surface area contributed by atoms with Crippen LogP contribution < -0.4 is 0 Å². The minimum Gasteiger partial charge on any atom is -0.466 e. The first kappa shape index (κ1) is 14.1. The van der Waals surface area contributed by atoms with Crippen LogP contribution in [0.25, 0.3) is 0 Å². The van der Waals surface area contributed by atoms with Crippen molar-refractivity contribution in [3.8, 4) is 0 Å². The third-order valence-electron chi connectivity index (χ3n) is 2.33. The predicted octanol–water partition coefficient (Wildman–Crippen LogP) is 1.45. The molecule has 0 bridgehead atoms. The number of nitrogens with zero attached hydrogens (tertiary/aromatic N) is 1. The first-order chi connectivity index (χ1) is 8.52. The highest BCUT2D eigenvalue weighted by molar-refractivity contribution is 5.69. The summed E-state index contributed by atoms with van der Waals surface area (Å²) in [6, 6.07) is 5.86. The summed E-state index contributed by atoms with van der Waals surface area (Å²) in [5.41, 5.74) is 0.732. The molecule has 0 radical (unpaired) electrons. The van der Waals surface area contributed by atoms with Crippen molar-refractivity contribution in [1.29, 1.82) is 0 Å². The zero-order valence-electron chi connectivity index (χ0n) is 10.0. The monoisotopic (exact) mass is 253 g/mol. The minimum absolute atomic E-state index is 0.00127. The van der Waals surface area contributed by atoms with Gasteiger partial charge in [-0.1, -0.05) is 12.1 Å². The van der Waals surface area contributed by atoms with Crippen molar-refractivity contribution in [1.82, 2.24) is 0 Å². The minimum atomic E-state index is -0.842. The lowest BCUT2D eigenvalue weighted by molar-refractivity contribution is -0.384. The fourth-order valence-electron chi connectivity index (χ4n) is 1.51. The van der Waals surface area contributed by atoms with Gasteiger partial charge >= 0.3 is 5.97 Å². The molecule has 1 N–H and O–H groups in total. The van der Waals surface area contributed by atoms with E-state index in [1.807, 2.05) is 0 Å². The predicted molar refractivity (Wildman–Crippen MR) is 64.1 cm³/mol. The van der Waals surface area contributed by atoms with E-state index < -0.39 is 17.0 Å². The molecule has 0 heterocycles. The van der Waals surface area contributed by atoms with Gasteiger partial charge in [-0.15, -0.1) is 0 Å². The molecule has 0 aromatic heterocycles. The zero-order valence-corrected chi connectivity index (χ0v) is 10.0. The normalized spacial score (nSPS) is 11.9. The van der Waals surface area contributed by atoms with E-state index in [0.717, 1.165) is 5.56 Å². The van der Waals surface area contributed by atoms with Crippen molar-refractivity contribution in [3.05, 3.63) is 39.9 Å². The van der Waals surface area contributed by atoms with Crippen LogP contribution in [0.1, 0.15) is 18.9 Å². The van der Waals surface area contributed by atoms with Crippen molar-refractivity contribution in [3.63, 3.8) is 0 Å². The van der Waals surface area contributed by atoms with E-state index in [1.165, 1.54) is 12.1 Å². The van der Waals surface area contributed by atoms with Crippen LogP contribution in [0.3, 0.4) is 0 Å². The van der Waals surface area contributed by atoms with E-state index in [1.54, 1.807) is 19.1 Å². The third-order valence-corrected chi connectivity index (χ3v) is 2.33. The van der Waals surface area contributed by atoms with Gasteiger partial charge in [0.15, 0.2) is 0 Å². The van der Waals surface area contributed by atoms with Crippen LogP contribution in [0.5, 0.6) is 0 Å². The lowest BCUT2D eigenvalue weighted by atomic mass is 10.1. The molecule has 0 aliphatic heterocycles. The highest BCUT2D eigenvalue weighted by atomic mass is 16.6. The molecular formula is C12H15NO5. The van der Waals surface area contributed by atoms with Gasteiger partial charge in [-0.2, -0.15) is 0 Å². The van der Waals surface area contributed by atoms with Gasteiger partial charge in [0, 0.05) is 12.1 Å². The van der Waals surface area contributed by atoms with Crippen LogP contribution in [0, 0.1) is 10.1 Å². The molecule has 1 rings (SSSR count). The number of ether oxygens (including phenoxy) is 1. The molecule has 1 aromatic rings. The number of aliphatic hydroxyl groups excluding tert-OH is 1. The van der Waals surface area contributed by atoms with Gasteiger partial charge in [-0.05, 0) is 18.9 Å². The van der Waals surface area contributed by atoms with Gasteiger partial charge < -0.3 is 9.84 Å². The second-order valence-electron chi connectivity index (χ2n) is 3.79. The number of rotatable bonds is 6. The number of hydrogen-bond donors (Lipinski definition) is 1. The van der Waals surface area contributed by atoms with Gasteiger partial charge in [0.1, 0.15) is 0 Å². The maximum Gasteiger partial charge on any atom is 0.308 e. The van der Waals surface area contributed by atoms with Crippen LogP contribution in [-0.2, 0) is 16.0 Å². The fraction of sp³-hybridized carbons (Fsp3) is 0.417. The number of esters is 1. The van der Waals surface area contributed by atoms with Crippen LogP contribution in [0.2, 0.25) is 0 Å². The molecule has 0 aliphatic rings. The molecule has 0 unspecified atom stereocenters. The van der Waals surface area contributed by atoms with Crippen molar-refractivity contribution in [2.75, 3.05) is 6.61 Å². The summed E-state index contributed by atoms with van der Waals surface area (Å²) < 4.78 is 4.71. The first-order valence-corrected chi connectivity index (χ1v) is 5.60. The highest BCUT2D eigenvalue weighted by Crippen LogP contribution is 2.14. The van der Waals surface area contributed by atoms with Crippen molar-refractivity contribution >= 4 is 11.7 Å². The fourth-order valence-corrected chi connectivity index (χ4v) is 1.51. The number of nitro benzene ring substituents is 1. The Balaban J connectivity index is 2.51. The summed E-state index contributed by atoms with van der Waals surface area (Å²) in [5.74, 6) is -0.452. The lowest BCUT2D eigenvalue weighted by Gasteiger charge is -2.09. The number of nitro groups is 1. The summed E-state index contributed by atoms with van der Waals surface area (Å²) in [6.45, 7) is 1.98. The number of hydrogen-bond acceptors (Lipinski definition) is 5. The van der Waals surface area contributed by atoms with Crippen molar-refractivity contribution in [2.24, 2.45) is 0 Å². The van der Waals surface area contributed by atoms with Crippen LogP contribution in [-0.4, -0.2) is 28.7 Å². The Morgan fingerprint density at radius 1 is 1.44 bits per heavy atom. The molecule has 98 valence electrons. The maximum absolute atomic E-state index is 11.1. The Morgan fingerprint density at radius 3 is 2.56 bits per heavy atom. The average molecular weight is 253 g/mol. The molecule has 0 fully saturated rings. The largest absolute Gasteiger partial charge is 0.466 e. The Bertz CT molecular complexity index is 415.